The normalized spacial score (nSPS) is 9.71. The molecule has 0 spiro atoms. The molecule has 0 saturated carbocycles. The number of anilines is 2. The molecule has 0 aliphatic carbocycles. The molecule has 0 heterocycles. The minimum atomic E-state index is -0.346. The van der Waals surface area contributed by atoms with E-state index in [1.54, 1.807) is 42.5 Å². The van der Waals surface area contributed by atoms with Crippen molar-refractivity contribution in [1.29, 1.82) is 5.26 Å². The van der Waals surface area contributed by atoms with Crippen LogP contribution < -0.4 is 15.8 Å². The van der Waals surface area contributed by atoms with E-state index in [1.165, 1.54) is 0 Å². The zero-order chi connectivity index (χ0) is 15.2. The molecular weight excluding hydrogens is 334 g/mol. The van der Waals surface area contributed by atoms with Gasteiger partial charge < -0.3 is 15.8 Å². The second-order valence-corrected chi connectivity index (χ2v) is 5.12. The van der Waals surface area contributed by atoms with Crippen LogP contribution in [0.1, 0.15) is 5.56 Å². The number of nitriles is 1. The standard InChI is InChI=1S/C15H12BrN3O2/c16-11-2-1-10(8-17)14(7-11)19-15(20)9-21-13-5-3-12(18)4-6-13/h1-7H,9,18H2,(H,19,20). The predicted molar refractivity (Wildman–Crippen MR) is 83.8 cm³/mol. The maximum Gasteiger partial charge on any atom is 0.262 e. The number of halogens is 1. The van der Waals surface area contributed by atoms with E-state index in [9.17, 15) is 4.79 Å². The fraction of sp³-hybridized carbons (Fsp3) is 0.0667. The Hall–Kier alpha value is -2.52. The van der Waals surface area contributed by atoms with E-state index in [4.69, 9.17) is 15.7 Å². The van der Waals surface area contributed by atoms with Crippen molar-refractivity contribution in [3.8, 4) is 11.8 Å². The summed E-state index contributed by atoms with van der Waals surface area (Å²) in [5.74, 6) is 0.204. The molecule has 0 saturated heterocycles. The molecule has 0 aliphatic heterocycles. The zero-order valence-corrected chi connectivity index (χ0v) is 12.6. The maximum atomic E-state index is 11.8. The van der Waals surface area contributed by atoms with Gasteiger partial charge in [-0.3, -0.25) is 4.79 Å². The molecule has 2 rings (SSSR count). The van der Waals surface area contributed by atoms with Crippen LogP contribution in [0.2, 0.25) is 0 Å². The number of carbonyl (C=O) groups excluding carboxylic acids is 1. The number of nitrogen functional groups attached to an aromatic ring is 1. The molecular formula is C15H12BrN3O2. The Bertz CT molecular complexity index is 693. The van der Waals surface area contributed by atoms with Gasteiger partial charge in [-0.15, -0.1) is 0 Å². The van der Waals surface area contributed by atoms with Crippen LogP contribution in [-0.2, 0) is 4.79 Å². The Morgan fingerprint density at radius 2 is 2.00 bits per heavy atom. The number of nitrogens with one attached hydrogen (secondary N) is 1. The molecule has 0 aliphatic rings. The summed E-state index contributed by atoms with van der Waals surface area (Å²) >= 11 is 3.29. The lowest BCUT2D eigenvalue weighted by Gasteiger charge is -2.09. The third-order valence-electron chi connectivity index (χ3n) is 2.63. The molecule has 0 fully saturated rings. The van der Waals surface area contributed by atoms with Gasteiger partial charge >= 0.3 is 0 Å². The summed E-state index contributed by atoms with van der Waals surface area (Å²) in [4.78, 5) is 11.8. The first-order valence-corrected chi connectivity index (χ1v) is 6.85. The van der Waals surface area contributed by atoms with Gasteiger partial charge in [0.05, 0.1) is 11.3 Å². The van der Waals surface area contributed by atoms with E-state index in [0.717, 1.165) is 4.47 Å². The van der Waals surface area contributed by atoms with Crippen LogP contribution in [-0.4, -0.2) is 12.5 Å². The highest BCUT2D eigenvalue weighted by molar-refractivity contribution is 9.10. The largest absolute Gasteiger partial charge is 0.484 e. The summed E-state index contributed by atoms with van der Waals surface area (Å²) in [7, 11) is 0. The average Bonchev–Trinajstić information content (AvgIpc) is 2.47. The summed E-state index contributed by atoms with van der Waals surface area (Å²) in [5, 5.41) is 11.6. The molecule has 106 valence electrons. The van der Waals surface area contributed by atoms with Crippen LogP contribution in [0.5, 0.6) is 5.75 Å². The van der Waals surface area contributed by atoms with Crippen molar-refractivity contribution in [3.63, 3.8) is 0 Å². The smallest absolute Gasteiger partial charge is 0.262 e. The Labute approximate surface area is 130 Å². The molecule has 2 aromatic rings. The summed E-state index contributed by atoms with van der Waals surface area (Å²) in [6, 6.07) is 13.8. The van der Waals surface area contributed by atoms with Crippen molar-refractivity contribution < 1.29 is 9.53 Å². The molecule has 0 unspecified atom stereocenters. The fourth-order valence-electron chi connectivity index (χ4n) is 1.62. The monoisotopic (exact) mass is 345 g/mol. The molecule has 21 heavy (non-hydrogen) atoms. The average molecular weight is 346 g/mol. The number of ether oxygens (including phenoxy) is 1. The Balaban J connectivity index is 1.97. The lowest BCUT2D eigenvalue weighted by atomic mass is 10.2. The Kier molecular flexibility index (Phi) is 4.80. The quantitative estimate of drug-likeness (QED) is 0.833. The minimum absolute atomic E-state index is 0.151. The molecule has 1 amide bonds. The number of hydrogen-bond donors (Lipinski definition) is 2. The lowest BCUT2D eigenvalue weighted by Crippen LogP contribution is -2.20. The third kappa shape index (κ3) is 4.23. The second kappa shape index (κ2) is 6.77. The maximum absolute atomic E-state index is 11.8. The fourth-order valence-corrected chi connectivity index (χ4v) is 1.98. The van der Waals surface area contributed by atoms with Gasteiger partial charge in [-0.1, -0.05) is 15.9 Å². The Morgan fingerprint density at radius 3 is 2.67 bits per heavy atom. The van der Waals surface area contributed by atoms with E-state index in [0.29, 0.717) is 22.7 Å². The number of nitrogens with zero attached hydrogens (tertiary/aromatic N) is 1. The van der Waals surface area contributed by atoms with Gasteiger partial charge in [-0.05, 0) is 42.5 Å². The number of benzene rings is 2. The van der Waals surface area contributed by atoms with Crippen molar-refractivity contribution in [2.45, 2.75) is 0 Å². The second-order valence-electron chi connectivity index (χ2n) is 4.21. The van der Waals surface area contributed by atoms with E-state index >= 15 is 0 Å². The highest BCUT2D eigenvalue weighted by atomic mass is 79.9. The van der Waals surface area contributed by atoms with E-state index in [-0.39, 0.29) is 12.5 Å². The van der Waals surface area contributed by atoms with Gasteiger partial charge in [0.25, 0.3) is 5.91 Å². The highest BCUT2D eigenvalue weighted by Gasteiger charge is 2.08. The van der Waals surface area contributed by atoms with Crippen molar-refractivity contribution >= 4 is 33.2 Å². The molecule has 0 bridgehead atoms. The summed E-state index contributed by atoms with van der Waals surface area (Å²) < 4.78 is 6.11. The third-order valence-corrected chi connectivity index (χ3v) is 3.12. The van der Waals surface area contributed by atoms with Crippen LogP contribution in [0.4, 0.5) is 11.4 Å². The SMILES string of the molecule is N#Cc1ccc(Br)cc1NC(=O)COc1ccc(N)cc1. The molecule has 3 N–H and O–H groups in total. The minimum Gasteiger partial charge on any atom is -0.484 e. The summed E-state index contributed by atoms with van der Waals surface area (Å²) in [6.45, 7) is -0.151. The summed E-state index contributed by atoms with van der Waals surface area (Å²) in [5.41, 5.74) is 7.02. The van der Waals surface area contributed by atoms with Gasteiger partial charge in [0.1, 0.15) is 11.8 Å². The first kappa shape index (κ1) is 14.9. The molecule has 0 aromatic heterocycles. The summed E-state index contributed by atoms with van der Waals surface area (Å²) in [6.07, 6.45) is 0. The van der Waals surface area contributed by atoms with Gasteiger partial charge in [0, 0.05) is 10.2 Å². The highest BCUT2D eigenvalue weighted by Crippen LogP contribution is 2.21. The molecule has 2 aromatic carbocycles. The molecule has 5 nitrogen and oxygen atoms in total. The van der Waals surface area contributed by atoms with Crippen molar-refractivity contribution in [1.82, 2.24) is 0 Å². The van der Waals surface area contributed by atoms with E-state index in [2.05, 4.69) is 21.2 Å². The van der Waals surface area contributed by atoms with Crippen molar-refractivity contribution in [3.05, 3.63) is 52.5 Å². The molecule has 0 atom stereocenters. The first-order chi connectivity index (χ1) is 10.1. The number of hydrogen-bond acceptors (Lipinski definition) is 4. The lowest BCUT2D eigenvalue weighted by molar-refractivity contribution is -0.118. The number of rotatable bonds is 4. The molecule has 0 radical (unpaired) electrons. The number of carbonyl (C=O) groups is 1. The van der Waals surface area contributed by atoms with E-state index in [1.807, 2.05) is 6.07 Å². The van der Waals surface area contributed by atoms with E-state index < -0.39 is 0 Å². The van der Waals surface area contributed by atoms with Crippen LogP contribution >= 0.6 is 15.9 Å². The van der Waals surface area contributed by atoms with Gasteiger partial charge in [0.2, 0.25) is 0 Å². The van der Waals surface area contributed by atoms with Crippen molar-refractivity contribution in [2.24, 2.45) is 0 Å². The van der Waals surface area contributed by atoms with Crippen LogP contribution in [0.25, 0.3) is 0 Å². The van der Waals surface area contributed by atoms with Crippen LogP contribution in [0.15, 0.2) is 46.9 Å². The zero-order valence-electron chi connectivity index (χ0n) is 11.0. The molecule has 6 heteroatoms. The topological polar surface area (TPSA) is 88.1 Å². The van der Waals surface area contributed by atoms with Gasteiger partial charge in [-0.25, -0.2) is 0 Å². The van der Waals surface area contributed by atoms with Crippen LogP contribution in [0.3, 0.4) is 0 Å². The van der Waals surface area contributed by atoms with Gasteiger partial charge in [0.15, 0.2) is 6.61 Å². The first-order valence-electron chi connectivity index (χ1n) is 6.06. The predicted octanol–water partition coefficient (Wildman–Crippen LogP) is 2.92. The van der Waals surface area contributed by atoms with Crippen LogP contribution in [0, 0.1) is 11.3 Å². The Morgan fingerprint density at radius 1 is 1.29 bits per heavy atom. The number of nitrogens with two attached hydrogens (primary N) is 1. The van der Waals surface area contributed by atoms with Crippen molar-refractivity contribution in [2.75, 3.05) is 17.7 Å². The van der Waals surface area contributed by atoms with Gasteiger partial charge in [-0.2, -0.15) is 5.26 Å². The number of amides is 1.